The molecule has 0 aliphatic carbocycles. The number of fused-ring (bicyclic) bond motifs is 1. The Morgan fingerprint density at radius 2 is 1.75 bits per heavy atom. The highest BCUT2D eigenvalue weighted by Gasteiger charge is 2.25. The van der Waals surface area contributed by atoms with Crippen molar-refractivity contribution >= 4 is 22.3 Å². The zero-order valence-corrected chi connectivity index (χ0v) is 17.7. The number of carbonyl (C=O) groups is 1. The van der Waals surface area contributed by atoms with Crippen LogP contribution >= 0.6 is 0 Å². The van der Waals surface area contributed by atoms with Crippen LogP contribution in [0.1, 0.15) is 33.8 Å². The van der Waals surface area contributed by atoms with Crippen molar-refractivity contribution in [3.8, 4) is 0 Å². The van der Waals surface area contributed by atoms with Crippen LogP contribution in [0.4, 0.5) is 4.39 Å². The molecule has 160 valence electrons. The highest BCUT2D eigenvalue weighted by atomic mass is 19.1. The van der Waals surface area contributed by atoms with Crippen molar-refractivity contribution in [2.45, 2.75) is 12.3 Å². The standard InChI is InChI=1S/C28H24FNO2/c29-24-17-22-13-16-32-28(22)26(18-24)23-11-14-30(19-23)15-12-25(20-7-3-1-4-8-20)27(31)21-9-5-2-6-10-21/h1-11,13,16-18,25H,12,14-15,19H2. The third-order valence-corrected chi connectivity index (χ3v) is 6.16. The number of ketones is 1. The average molecular weight is 426 g/mol. The maximum atomic E-state index is 14.1. The van der Waals surface area contributed by atoms with Crippen molar-refractivity contribution in [2.24, 2.45) is 0 Å². The summed E-state index contributed by atoms with van der Waals surface area (Å²) < 4.78 is 19.7. The van der Waals surface area contributed by atoms with Crippen LogP contribution in [-0.2, 0) is 0 Å². The molecule has 0 fully saturated rings. The molecule has 0 saturated carbocycles. The lowest BCUT2D eigenvalue weighted by Gasteiger charge is -2.21. The maximum Gasteiger partial charge on any atom is 0.170 e. The first-order chi connectivity index (χ1) is 15.7. The zero-order valence-electron chi connectivity index (χ0n) is 17.7. The van der Waals surface area contributed by atoms with Gasteiger partial charge >= 0.3 is 0 Å². The van der Waals surface area contributed by atoms with Gasteiger partial charge in [-0.05, 0) is 42.3 Å². The minimum Gasteiger partial charge on any atom is -0.464 e. The molecule has 1 atom stereocenters. The van der Waals surface area contributed by atoms with E-state index >= 15 is 0 Å². The van der Waals surface area contributed by atoms with E-state index in [4.69, 9.17) is 4.42 Å². The van der Waals surface area contributed by atoms with Gasteiger partial charge in [0.1, 0.15) is 11.4 Å². The van der Waals surface area contributed by atoms with E-state index in [2.05, 4.69) is 11.0 Å². The highest BCUT2D eigenvalue weighted by molar-refractivity contribution is 6.01. The van der Waals surface area contributed by atoms with Crippen LogP contribution in [0.25, 0.3) is 16.5 Å². The van der Waals surface area contributed by atoms with Crippen molar-refractivity contribution in [2.75, 3.05) is 19.6 Å². The number of furan rings is 1. The molecule has 0 N–H and O–H groups in total. The monoisotopic (exact) mass is 425 g/mol. The van der Waals surface area contributed by atoms with Crippen LogP contribution in [-0.4, -0.2) is 30.3 Å². The van der Waals surface area contributed by atoms with Gasteiger partial charge in [0.25, 0.3) is 0 Å². The number of rotatable bonds is 7. The molecule has 0 spiro atoms. The summed E-state index contributed by atoms with van der Waals surface area (Å²) in [5.74, 6) is -0.314. The van der Waals surface area contributed by atoms with E-state index in [1.807, 2.05) is 60.7 Å². The molecule has 1 unspecified atom stereocenters. The summed E-state index contributed by atoms with van der Waals surface area (Å²) in [6.07, 6.45) is 4.45. The molecular weight excluding hydrogens is 401 g/mol. The molecule has 1 aliphatic rings. The lowest BCUT2D eigenvalue weighted by molar-refractivity contribution is 0.0950. The predicted molar refractivity (Wildman–Crippen MR) is 125 cm³/mol. The van der Waals surface area contributed by atoms with Gasteiger partial charge < -0.3 is 4.42 Å². The minimum absolute atomic E-state index is 0.145. The molecular formula is C28H24FNO2. The topological polar surface area (TPSA) is 33.5 Å². The van der Waals surface area contributed by atoms with Crippen molar-refractivity contribution in [1.82, 2.24) is 4.90 Å². The molecule has 1 aliphatic heterocycles. The number of carbonyl (C=O) groups excluding carboxylic acids is 1. The average Bonchev–Trinajstić information content (AvgIpc) is 3.49. The molecule has 1 aromatic heterocycles. The quantitative estimate of drug-likeness (QED) is 0.325. The normalized spacial score (nSPS) is 15.1. The number of benzene rings is 3. The van der Waals surface area contributed by atoms with Gasteiger partial charge in [-0.3, -0.25) is 9.69 Å². The zero-order chi connectivity index (χ0) is 21.9. The fourth-order valence-corrected chi connectivity index (χ4v) is 4.51. The van der Waals surface area contributed by atoms with Gasteiger partial charge in [0.2, 0.25) is 0 Å². The smallest absolute Gasteiger partial charge is 0.170 e. The summed E-state index contributed by atoms with van der Waals surface area (Å²) in [5.41, 5.74) is 4.38. The summed E-state index contributed by atoms with van der Waals surface area (Å²) in [7, 11) is 0. The first-order valence-electron chi connectivity index (χ1n) is 10.9. The second kappa shape index (κ2) is 8.93. The first-order valence-corrected chi connectivity index (χ1v) is 10.9. The van der Waals surface area contributed by atoms with Gasteiger partial charge in [0.05, 0.1) is 6.26 Å². The summed E-state index contributed by atoms with van der Waals surface area (Å²) in [4.78, 5) is 15.6. The Hall–Kier alpha value is -3.50. The second-order valence-corrected chi connectivity index (χ2v) is 8.24. The van der Waals surface area contributed by atoms with Gasteiger partial charge in [0.15, 0.2) is 5.78 Å². The van der Waals surface area contributed by atoms with Crippen LogP contribution in [0.2, 0.25) is 0 Å². The lowest BCUT2D eigenvalue weighted by Crippen LogP contribution is -2.25. The largest absolute Gasteiger partial charge is 0.464 e. The van der Waals surface area contributed by atoms with Crippen LogP contribution in [0, 0.1) is 5.82 Å². The van der Waals surface area contributed by atoms with Crippen molar-refractivity contribution in [3.05, 3.63) is 114 Å². The van der Waals surface area contributed by atoms with Gasteiger partial charge in [0, 0.05) is 35.5 Å². The number of halogens is 1. The Bertz CT molecular complexity index is 1260. The SMILES string of the molecule is O=C(c1ccccc1)C(CCN1CC=C(c2cc(F)cc3ccoc23)C1)c1ccccc1. The van der Waals surface area contributed by atoms with Crippen molar-refractivity contribution in [3.63, 3.8) is 0 Å². The Balaban J connectivity index is 1.31. The fourth-order valence-electron chi connectivity index (χ4n) is 4.51. The number of nitrogens with zero attached hydrogens (tertiary/aromatic N) is 1. The summed E-state index contributed by atoms with van der Waals surface area (Å²) >= 11 is 0. The molecule has 0 bridgehead atoms. The van der Waals surface area contributed by atoms with Crippen LogP contribution in [0.15, 0.2) is 95.6 Å². The third kappa shape index (κ3) is 4.14. The Morgan fingerprint density at radius 1 is 1.00 bits per heavy atom. The Kier molecular flexibility index (Phi) is 5.70. The van der Waals surface area contributed by atoms with Crippen molar-refractivity contribution < 1.29 is 13.6 Å². The van der Waals surface area contributed by atoms with Gasteiger partial charge in [-0.2, -0.15) is 0 Å². The molecule has 2 heterocycles. The molecule has 4 heteroatoms. The van der Waals surface area contributed by atoms with E-state index < -0.39 is 0 Å². The highest BCUT2D eigenvalue weighted by Crippen LogP contribution is 2.31. The van der Waals surface area contributed by atoms with E-state index in [1.165, 1.54) is 6.07 Å². The Labute approximate surface area is 186 Å². The third-order valence-electron chi connectivity index (χ3n) is 6.16. The molecule has 4 aromatic rings. The predicted octanol–water partition coefficient (Wildman–Crippen LogP) is 6.33. The number of Topliss-reactive ketones (excluding diaryl/α,β-unsaturated/α-hetero) is 1. The summed E-state index contributed by atoms with van der Waals surface area (Å²) in [6, 6.07) is 24.3. The number of hydrogen-bond acceptors (Lipinski definition) is 3. The Morgan fingerprint density at radius 3 is 2.53 bits per heavy atom. The second-order valence-electron chi connectivity index (χ2n) is 8.24. The number of hydrogen-bond donors (Lipinski definition) is 0. The van der Waals surface area contributed by atoms with Crippen LogP contribution < -0.4 is 0 Å². The van der Waals surface area contributed by atoms with E-state index in [-0.39, 0.29) is 17.5 Å². The molecule has 0 radical (unpaired) electrons. The molecule has 5 rings (SSSR count). The summed E-state index contributed by atoms with van der Waals surface area (Å²) in [5, 5.41) is 0.775. The van der Waals surface area contributed by atoms with Gasteiger partial charge in [-0.15, -0.1) is 0 Å². The summed E-state index contributed by atoms with van der Waals surface area (Å²) in [6.45, 7) is 2.25. The molecule has 32 heavy (non-hydrogen) atoms. The maximum absolute atomic E-state index is 14.1. The van der Waals surface area contributed by atoms with E-state index in [1.54, 1.807) is 18.4 Å². The van der Waals surface area contributed by atoms with Crippen molar-refractivity contribution in [1.29, 1.82) is 0 Å². The van der Waals surface area contributed by atoms with E-state index in [9.17, 15) is 9.18 Å². The molecule has 0 amide bonds. The lowest BCUT2D eigenvalue weighted by atomic mass is 9.88. The van der Waals surface area contributed by atoms with Gasteiger partial charge in [-0.25, -0.2) is 4.39 Å². The van der Waals surface area contributed by atoms with E-state index in [0.29, 0.717) is 6.54 Å². The minimum atomic E-state index is -0.258. The molecule has 3 aromatic carbocycles. The first kappa shape index (κ1) is 20.4. The van der Waals surface area contributed by atoms with Crippen LogP contribution in [0.3, 0.4) is 0 Å². The fraction of sp³-hybridized carbons (Fsp3) is 0.179. The van der Waals surface area contributed by atoms with Gasteiger partial charge in [-0.1, -0.05) is 66.7 Å². The molecule has 0 saturated heterocycles. The van der Waals surface area contributed by atoms with E-state index in [0.717, 1.165) is 52.7 Å². The van der Waals surface area contributed by atoms with Crippen LogP contribution in [0.5, 0.6) is 0 Å². The molecule has 3 nitrogen and oxygen atoms in total.